The summed E-state index contributed by atoms with van der Waals surface area (Å²) in [7, 11) is 0. The van der Waals surface area contributed by atoms with Crippen LogP contribution < -0.4 is 9.47 Å². The number of hydrogen-bond donors (Lipinski definition) is 0. The lowest BCUT2D eigenvalue weighted by molar-refractivity contribution is -0.224. The first-order valence-corrected chi connectivity index (χ1v) is 10.4. The highest BCUT2D eigenvalue weighted by molar-refractivity contribution is 5.33. The van der Waals surface area contributed by atoms with Crippen molar-refractivity contribution < 1.29 is 31.4 Å². The molecule has 0 aromatic heterocycles. The van der Waals surface area contributed by atoms with E-state index < -0.39 is 29.7 Å². The van der Waals surface area contributed by atoms with Gasteiger partial charge in [-0.3, -0.25) is 0 Å². The zero-order chi connectivity index (χ0) is 21.7. The molecule has 3 rings (SSSR count). The summed E-state index contributed by atoms with van der Waals surface area (Å²) in [5.74, 6) is -1.19. The number of allylic oxidation sites excluding steroid dienone is 1. The van der Waals surface area contributed by atoms with Crippen LogP contribution in [0.4, 0.5) is 22.0 Å². The largest absolute Gasteiger partial charge is 0.456 e. The third kappa shape index (κ3) is 5.76. The summed E-state index contributed by atoms with van der Waals surface area (Å²) in [6, 6.07) is 2.79. The minimum absolute atomic E-state index is 0.0792. The molecule has 0 saturated heterocycles. The fourth-order valence-electron chi connectivity index (χ4n) is 4.77. The Balaban J connectivity index is 1.53. The second-order valence-electron chi connectivity index (χ2n) is 8.30. The van der Waals surface area contributed by atoms with Crippen LogP contribution in [0.3, 0.4) is 0 Å². The van der Waals surface area contributed by atoms with Gasteiger partial charge < -0.3 is 9.47 Å². The summed E-state index contributed by atoms with van der Waals surface area (Å²) in [5.41, 5.74) is 0. The maximum absolute atomic E-state index is 14.7. The molecule has 0 amide bonds. The molecule has 2 aliphatic rings. The maximum Gasteiger partial charge on any atom is 0.400 e. The van der Waals surface area contributed by atoms with Crippen molar-refractivity contribution in [2.24, 2.45) is 23.7 Å². The van der Waals surface area contributed by atoms with Gasteiger partial charge in [-0.25, -0.2) is 4.39 Å². The average Bonchev–Trinajstić information content (AvgIpc) is 2.73. The molecule has 0 bridgehead atoms. The van der Waals surface area contributed by atoms with Crippen LogP contribution in [0.25, 0.3) is 0 Å². The van der Waals surface area contributed by atoms with Crippen molar-refractivity contribution in [1.82, 2.24) is 0 Å². The zero-order valence-electron chi connectivity index (χ0n) is 16.8. The molecule has 1 aromatic carbocycles. The number of halogens is 5. The van der Waals surface area contributed by atoms with Gasteiger partial charge in [0.2, 0.25) is 0 Å². The van der Waals surface area contributed by atoms with Crippen molar-refractivity contribution in [3.63, 3.8) is 0 Å². The molecule has 0 N–H and O–H groups in total. The summed E-state index contributed by atoms with van der Waals surface area (Å²) in [6.07, 6.45) is 3.28. The lowest BCUT2D eigenvalue weighted by Crippen LogP contribution is -2.38. The highest BCUT2D eigenvalue weighted by Gasteiger charge is 2.45. The summed E-state index contributed by atoms with van der Waals surface area (Å²) in [5, 5.41) is 0. The fraction of sp³-hybridized carbons (Fsp3) is 0.565. The van der Waals surface area contributed by atoms with Crippen molar-refractivity contribution in [3.05, 3.63) is 49.0 Å². The fourth-order valence-corrected chi connectivity index (χ4v) is 4.77. The van der Waals surface area contributed by atoms with E-state index in [-0.39, 0.29) is 12.0 Å². The Kier molecular flexibility index (Phi) is 7.42. The SMILES string of the molecule is C=CC1CCC(C2CCC(C(F)(F)Oc3ccc(OC=C(F)F)c(F)c3)CC2)CC1. The lowest BCUT2D eigenvalue weighted by atomic mass is 9.69. The number of rotatable bonds is 7. The predicted molar refractivity (Wildman–Crippen MR) is 104 cm³/mol. The molecule has 1 aromatic rings. The molecule has 0 heterocycles. The minimum Gasteiger partial charge on any atom is -0.456 e. The molecule has 0 radical (unpaired) electrons. The number of alkyl halides is 2. The summed E-state index contributed by atoms with van der Waals surface area (Å²) in [4.78, 5) is 0. The Morgan fingerprint density at radius 2 is 1.57 bits per heavy atom. The van der Waals surface area contributed by atoms with Gasteiger partial charge in [0.05, 0.1) is 5.92 Å². The smallest absolute Gasteiger partial charge is 0.400 e. The highest BCUT2D eigenvalue weighted by Crippen LogP contribution is 2.45. The Morgan fingerprint density at radius 1 is 0.967 bits per heavy atom. The molecule has 2 nitrogen and oxygen atoms in total. The van der Waals surface area contributed by atoms with Gasteiger partial charge in [0, 0.05) is 6.07 Å². The van der Waals surface area contributed by atoms with E-state index in [0.29, 0.717) is 30.6 Å². The van der Waals surface area contributed by atoms with E-state index in [9.17, 15) is 22.0 Å². The molecule has 0 spiro atoms. The lowest BCUT2D eigenvalue weighted by Gasteiger charge is -2.38. The van der Waals surface area contributed by atoms with Crippen molar-refractivity contribution in [2.75, 3.05) is 0 Å². The van der Waals surface area contributed by atoms with E-state index in [0.717, 1.165) is 56.7 Å². The molecular weight excluding hydrogens is 403 g/mol. The normalized spacial score (nSPS) is 27.2. The number of hydrogen-bond acceptors (Lipinski definition) is 2. The first kappa shape index (κ1) is 22.6. The van der Waals surface area contributed by atoms with Gasteiger partial charge in [0.25, 0.3) is 0 Å². The summed E-state index contributed by atoms with van der Waals surface area (Å²) in [6.45, 7) is 3.86. The van der Waals surface area contributed by atoms with E-state index in [2.05, 4.69) is 11.3 Å². The van der Waals surface area contributed by atoms with Gasteiger partial charge in [0.15, 0.2) is 17.8 Å². The van der Waals surface area contributed by atoms with Gasteiger partial charge in [0.1, 0.15) is 5.75 Å². The van der Waals surface area contributed by atoms with Crippen LogP contribution in [-0.4, -0.2) is 6.11 Å². The maximum atomic E-state index is 14.7. The Labute approximate surface area is 173 Å². The Morgan fingerprint density at radius 3 is 2.10 bits per heavy atom. The minimum atomic E-state index is -3.43. The number of benzene rings is 1. The van der Waals surface area contributed by atoms with E-state index in [4.69, 9.17) is 4.74 Å². The molecule has 166 valence electrons. The van der Waals surface area contributed by atoms with Crippen LogP contribution in [0.5, 0.6) is 11.5 Å². The van der Waals surface area contributed by atoms with Crippen LogP contribution in [0.15, 0.2) is 43.2 Å². The predicted octanol–water partition coefficient (Wildman–Crippen LogP) is 7.71. The van der Waals surface area contributed by atoms with Gasteiger partial charge in [-0.05, 0) is 81.3 Å². The van der Waals surface area contributed by atoms with Crippen LogP contribution in [0.1, 0.15) is 51.4 Å². The third-order valence-corrected chi connectivity index (χ3v) is 6.50. The van der Waals surface area contributed by atoms with Crippen molar-refractivity contribution in [2.45, 2.75) is 57.5 Å². The summed E-state index contributed by atoms with van der Waals surface area (Å²) < 4.78 is 76.5. The van der Waals surface area contributed by atoms with Crippen LogP contribution in [0, 0.1) is 29.5 Å². The molecular formula is C23H27F5O2. The van der Waals surface area contributed by atoms with Gasteiger partial charge >= 0.3 is 12.2 Å². The first-order chi connectivity index (χ1) is 14.3. The molecule has 2 saturated carbocycles. The van der Waals surface area contributed by atoms with E-state index in [1.807, 2.05) is 6.08 Å². The standard InChI is InChI=1S/C23H27F5O2/c1-2-15-3-5-16(6-4-15)17-7-9-18(10-8-17)23(27,28)30-19-11-12-21(20(24)13-19)29-14-22(25)26/h2,11-18H,1,3-10H2. The van der Waals surface area contributed by atoms with Crippen molar-refractivity contribution in [3.8, 4) is 11.5 Å². The van der Waals surface area contributed by atoms with E-state index >= 15 is 0 Å². The van der Waals surface area contributed by atoms with Gasteiger partial charge in [-0.1, -0.05) is 6.08 Å². The molecule has 0 aliphatic heterocycles. The second-order valence-corrected chi connectivity index (χ2v) is 8.30. The Bertz CT molecular complexity index is 744. The second kappa shape index (κ2) is 9.84. The van der Waals surface area contributed by atoms with Crippen LogP contribution >= 0.6 is 0 Å². The quantitative estimate of drug-likeness (QED) is 0.251. The molecule has 0 unspecified atom stereocenters. The van der Waals surface area contributed by atoms with Gasteiger partial charge in [-0.2, -0.15) is 17.6 Å². The van der Waals surface area contributed by atoms with Crippen molar-refractivity contribution >= 4 is 0 Å². The third-order valence-electron chi connectivity index (χ3n) is 6.50. The van der Waals surface area contributed by atoms with Gasteiger partial charge in [-0.15, -0.1) is 6.58 Å². The van der Waals surface area contributed by atoms with Crippen LogP contribution in [-0.2, 0) is 0 Å². The highest BCUT2D eigenvalue weighted by atomic mass is 19.3. The van der Waals surface area contributed by atoms with E-state index in [1.165, 1.54) is 0 Å². The molecule has 2 aliphatic carbocycles. The van der Waals surface area contributed by atoms with E-state index in [1.54, 1.807) is 0 Å². The monoisotopic (exact) mass is 430 g/mol. The molecule has 0 atom stereocenters. The van der Waals surface area contributed by atoms with Crippen LogP contribution in [0.2, 0.25) is 0 Å². The average molecular weight is 430 g/mol. The molecule has 2 fully saturated rings. The molecule has 30 heavy (non-hydrogen) atoms. The first-order valence-electron chi connectivity index (χ1n) is 10.4. The zero-order valence-corrected chi connectivity index (χ0v) is 16.8. The molecule has 7 heteroatoms. The van der Waals surface area contributed by atoms with Crippen molar-refractivity contribution in [1.29, 1.82) is 0 Å². The number of ether oxygens (including phenoxy) is 2. The topological polar surface area (TPSA) is 18.5 Å². The summed E-state index contributed by atoms with van der Waals surface area (Å²) >= 11 is 0. The Hall–Kier alpha value is -2.05.